The minimum absolute atomic E-state index is 0.176. The van der Waals surface area contributed by atoms with Crippen molar-refractivity contribution in [2.75, 3.05) is 44.4 Å². The summed E-state index contributed by atoms with van der Waals surface area (Å²) in [6.07, 6.45) is 0. The highest BCUT2D eigenvalue weighted by Gasteiger charge is 2.29. The van der Waals surface area contributed by atoms with Crippen LogP contribution in [0.1, 0.15) is 11.6 Å². The van der Waals surface area contributed by atoms with Crippen LogP contribution in [0.5, 0.6) is 11.5 Å². The second-order valence-corrected chi connectivity index (χ2v) is 10.8. The number of hydrogen-bond acceptors (Lipinski definition) is 7. The standard InChI is InChI=1S/C23H24FN3O4S2/c24-18-4-1-2-5-19(18)26-9-11-27(12-10-26)20(15-25-33(28,29)23-6-3-13-32-23)17-7-8-21-22(14-17)31-16-30-21/h1-8,13-14,20,25H,9-12,15-16H2/t20-/m0/s1. The van der Waals surface area contributed by atoms with Gasteiger partial charge in [-0.2, -0.15) is 0 Å². The van der Waals surface area contributed by atoms with Gasteiger partial charge in [-0.3, -0.25) is 4.90 Å². The molecule has 33 heavy (non-hydrogen) atoms. The number of thiophene rings is 1. The van der Waals surface area contributed by atoms with E-state index in [1.54, 1.807) is 29.6 Å². The number of nitrogens with zero attached hydrogens (tertiary/aromatic N) is 2. The molecule has 0 radical (unpaired) electrons. The normalized spacial score (nSPS) is 17.3. The van der Waals surface area contributed by atoms with Gasteiger partial charge < -0.3 is 14.4 Å². The topological polar surface area (TPSA) is 71.1 Å². The summed E-state index contributed by atoms with van der Waals surface area (Å²) in [5, 5.41) is 1.74. The molecular formula is C23H24FN3O4S2. The molecule has 174 valence electrons. The van der Waals surface area contributed by atoms with E-state index in [1.807, 2.05) is 29.2 Å². The number of ether oxygens (including phenoxy) is 2. The summed E-state index contributed by atoms with van der Waals surface area (Å²) >= 11 is 1.19. The molecule has 1 atom stereocenters. The number of fused-ring (bicyclic) bond motifs is 1. The van der Waals surface area contributed by atoms with E-state index in [-0.39, 0.29) is 29.4 Å². The number of rotatable bonds is 7. The molecule has 2 aliphatic rings. The van der Waals surface area contributed by atoms with E-state index in [2.05, 4.69) is 9.62 Å². The largest absolute Gasteiger partial charge is 0.454 e. The van der Waals surface area contributed by atoms with Gasteiger partial charge in [-0.25, -0.2) is 17.5 Å². The molecule has 0 amide bonds. The molecule has 1 fully saturated rings. The van der Waals surface area contributed by atoms with Gasteiger partial charge in [0.25, 0.3) is 0 Å². The second kappa shape index (κ2) is 9.30. The fourth-order valence-corrected chi connectivity index (χ4v) is 6.31. The fourth-order valence-electron chi connectivity index (χ4n) is 4.24. The molecule has 0 saturated carbocycles. The minimum atomic E-state index is -3.60. The molecule has 2 aromatic carbocycles. The summed E-state index contributed by atoms with van der Waals surface area (Å²) in [7, 11) is -3.60. The van der Waals surface area contributed by atoms with Crippen molar-refractivity contribution in [2.45, 2.75) is 10.3 Å². The van der Waals surface area contributed by atoms with E-state index < -0.39 is 10.0 Å². The predicted octanol–water partition coefficient (Wildman–Crippen LogP) is 3.46. The second-order valence-electron chi connectivity index (χ2n) is 7.89. The van der Waals surface area contributed by atoms with Gasteiger partial charge in [-0.1, -0.05) is 24.3 Å². The monoisotopic (exact) mass is 489 g/mol. The van der Waals surface area contributed by atoms with Crippen molar-refractivity contribution in [1.82, 2.24) is 9.62 Å². The maximum absolute atomic E-state index is 14.3. The molecule has 7 nitrogen and oxygen atoms in total. The molecule has 0 bridgehead atoms. The molecule has 2 aliphatic heterocycles. The third-order valence-corrected chi connectivity index (χ3v) is 8.78. The number of benzene rings is 2. The van der Waals surface area contributed by atoms with Crippen molar-refractivity contribution in [3.8, 4) is 11.5 Å². The molecule has 1 saturated heterocycles. The van der Waals surface area contributed by atoms with E-state index in [4.69, 9.17) is 9.47 Å². The predicted molar refractivity (Wildman–Crippen MR) is 125 cm³/mol. The molecule has 1 N–H and O–H groups in total. The van der Waals surface area contributed by atoms with Gasteiger partial charge in [0.1, 0.15) is 10.0 Å². The molecule has 1 aromatic heterocycles. The van der Waals surface area contributed by atoms with Crippen LogP contribution < -0.4 is 19.1 Å². The summed E-state index contributed by atoms with van der Waals surface area (Å²) in [5.74, 6) is 1.10. The first-order valence-electron chi connectivity index (χ1n) is 10.7. The number of sulfonamides is 1. The van der Waals surface area contributed by atoms with Gasteiger partial charge in [0.15, 0.2) is 11.5 Å². The Hall–Kier alpha value is -2.66. The van der Waals surface area contributed by atoms with Gasteiger partial charge >= 0.3 is 0 Å². The number of hydrogen-bond donors (Lipinski definition) is 1. The van der Waals surface area contributed by atoms with Crippen molar-refractivity contribution >= 4 is 27.0 Å². The summed E-state index contributed by atoms with van der Waals surface area (Å²) in [6.45, 7) is 2.98. The van der Waals surface area contributed by atoms with Gasteiger partial charge in [-0.05, 0) is 41.3 Å². The maximum Gasteiger partial charge on any atom is 0.250 e. The van der Waals surface area contributed by atoms with Crippen LogP contribution in [0.25, 0.3) is 0 Å². The van der Waals surface area contributed by atoms with Crippen LogP contribution in [0, 0.1) is 5.82 Å². The third-order valence-electron chi connectivity index (χ3n) is 5.96. The Kier molecular flexibility index (Phi) is 6.24. The molecule has 0 unspecified atom stereocenters. The van der Waals surface area contributed by atoms with Crippen LogP contribution in [-0.4, -0.2) is 52.8 Å². The van der Waals surface area contributed by atoms with Crippen LogP contribution in [0.15, 0.2) is 64.2 Å². The average molecular weight is 490 g/mol. The summed E-state index contributed by atoms with van der Waals surface area (Å²) in [5.41, 5.74) is 1.53. The van der Waals surface area contributed by atoms with E-state index >= 15 is 0 Å². The molecule has 10 heteroatoms. The highest BCUT2D eigenvalue weighted by Crippen LogP contribution is 2.36. The van der Waals surface area contributed by atoms with Gasteiger partial charge in [-0.15, -0.1) is 11.3 Å². The van der Waals surface area contributed by atoms with E-state index in [9.17, 15) is 12.8 Å². The summed E-state index contributed by atoms with van der Waals surface area (Å²) in [4.78, 5) is 4.25. The van der Waals surface area contributed by atoms with E-state index in [1.165, 1.54) is 17.4 Å². The van der Waals surface area contributed by atoms with Crippen molar-refractivity contribution in [3.05, 3.63) is 71.4 Å². The molecule has 0 spiro atoms. The summed E-state index contributed by atoms with van der Waals surface area (Å²) in [6, 6.07) is 15.6. The lowest BCUT2D eigenvalue weighted by molar-refractivity contribution is 0.173. The Balaban J connectivity index is 1.36. The van der Waals surface area contributed by atoms with Gasteiger partial charge in [0.2, 0.25) is 16.8 Å². The number of piperazine rings is 1. The van der Waals surface area contributed by atoms with Crippen molar-refractivity contribution < 1.29 is 22.3 Å². The molecular weight excluding hydrogens is 465 g/mol. The number of halogens is 1. The Labute approximate surface area is 196 Å². The fraction of sp³-hybridized carbons (Fsp3) is 0.304. The van der Waals surface area contributed by atoms with E-state index in [0.29, 0.717) is 43.4 Å². The first-order chi connectivity index (χ1) is 16.0. The first-order valence-corrected chi connectivity index (χ1v) is 13.0. The molecule has 0 aliphatic carbocycles. The van der Waals surface area contributed by atoms with Gasteiger partial charge in [0.05, 0.1) is 5.69 Å². The zero-order valence-corrected chi connectivity index (χ0v) is 19.4. The minimum Gasteiger partial charge on any atom is -0.454 e. The van der Waals surface area contributed by atoms with Crippen LogP contribution in [0.2, 0.25) is 0 Å². The number of para-hydroxylation sites is 1. The quantitative estimate of drug-likeness (QED) is 0.548. The highest BCUT2D eigenvalue weighted by atomic mass is 32.2. The average Bonchev–Trinajstić information content (AvgIpc) is 3.52. The van der Waals surface area contributed by atoms with Crippen LogP contribution >= 0.6 is 11.3 Å². The van der Waals surface area contributed by atoms with Gasteiger partial charge in [0, 0.05) is 38.8 Å². The zero-order valence-electron chi connectivity index (χ0n) is 17.8. The number of nitrogens with one attached hydrogen (secondary N) is 1. The highest BCUT2D eigenvalue weighted by molar-refractivity contribution is 7.91. The smallest absolute Gasteiger partial charge is 0.250 e. The van der Waals surface area contributed by atoms with Crippen LogP contribution in [-0.2, 0) is 10.0 Å². The van der Waals surface area contributed by atoms with Crippen molar-refractivity contribution in [2.24, 2.45) is 0 Å². The Morgan fingerprint density at radius 3 is 2.55 bits per heavy atom. The molecule has 3 aromatic rings. The van der Waals surface area contributed by atoms with Crippen LogP contribution in [0.3, 0.4) is 0 Å². The Morgan fingerprint density at radius 1 is 1.00 bits per heavy atom. The first kappa shape index (κ1) is 22.1. The lowest BCUT2D eigenvalue weighted by atomic mass is 10.0. The third kappa shape index (κ3) is 4.70. The van der Waals surface area contributed by atoms with E-state index in [0.717, 1.165) is 5.56 Å². The lowest BCUT2D eigenvalue weighted by Crippen LogP contribution is -2.50. The SMILES string of the molecule is O=S(=O)(NC[C@@H](c1ccc2c(c1)OCO2)N1CCN(c2ccccc2F)CC1)c1cccs1. The maximum atomic E-state index is 14.3. The molecule has 3 heterocycles. The van der Waals surface area contributed by atoms with Crippen molar-refractivity contribution in [1.29, 1.82) is 0 Å². The zero-order chi connectivity index (χ0) is 22.8. The summed E-state index contributed by atoms with van der Waals surface area (Å²) < 4.78 is 53.8. The van der Waals surface area contributed by atoms with Crippen LogP contribution in [0.4, 0.5) is 10.1 Å². The molecule has 5 rings (SSSR count). The Morgan fingerprint density at radius 2 is 1.79 bits per heavy atom. The lowest BCUT2D eigenvalue weighted by Gasteiger charge is -2.40. The van der Waals surface area contributed by atoms with Crippen molar-refractivity contribution in [3.63, 3.8) is 0 Å². The number of anilines is 1. The Bertz CT molecular complexity index is 1210.